The molecule has 6 nitrogen and oxygen atoms in total. The van der Waals surface area contributed by atoms with Gasteiger partial charge in [-0.25, -0.2) is 0 Å². The van der Waals surface area contributed by atoms with Crippen molar-refractivity contribution < 1.29 is 9.53 Å². The quantitative estimate of drug-likeness (QED) is 0.609. The van der Waals surface area contributed by atoms with Crippen molar-refractivity contribution in [1.82, 2.24) is 10.2 Å². The molecule has 0 aromatic heterocycles. The van der Waals surface area contributed by atoms with Gasteiger partial charge in [0.15, 0.2) is 5.96 Å². The number of primary amides is 1. The maximum atomic E-state index is 11.2. The Morgan fingerprint density at radius 1 is 1.48 bits per heavy atom. The summed E-state index contributed by atoms with van der Waals surface area (Å²) >= 11 is 0. The zero-order valence-corrected chi connectivity index (χ0v) is 15.5. The number of carbonyl (C=O) groups excluding carboxylic acids is 1. The predicted molar refractivity (Wildman–Crippen MR) is 101 cm³/mol. The summed E-state index contributed by atoms with van der Waals surface area (Å²) in [6.45, 7) is 6.51. The lowest BCUT2D eigenvalue weighted by atomic mass is 9.95. The van der Waals surface area contributed by atoms with Crippen LogP contribution in [-0.4, -0.2) is 49.6 Å². The number of guanidine groups is 1. The van der Waals surface area contributed by atoms with E-state index in [-0.39, 0.29) is 12.0 Å². The predicted octanol–water partition coefficient (Wildman–Crippen LogP) is 1.93. The summed E-state index contributed by atoms with van der Waals surface area (Å²) in [6, 6.07) is 8.01. The van der Waals surface area contributed by atoms with E-state index in [1.165, 1.54) is 0 Å². The highest BCUT2D eigenvalue weighted by molar-refractivity contribution is 5.80. The third-order valence-electron chi connectivity index (χ3n) is 4.49. The second-order valence-electron chi connectivity index (χ2n) is 6.75. The molecule has 0 saturated carbocycles. The Morgan fingerprint density at radius 2 is 2.24 bits per heavy atom. The average molecular weight is 346 g/mol. The molecule has 0 aliphatic carbocycles. The summed E-state index contributed by atoms with van der Waals surface area (Å²) in [6.07, 6.45) is 2.56. The summed E-state index contributed by atoms with van der Waals surface area (Å²) < 4.78 is 6.00. The number of aryl methyl sites for hydroxylation is 1. The molecular formula is C19H30N4O2. The van der Waals surface area contributed by atoms with E-state index in [9.17, 15) is 4.79 Å². The largest absolute Gasteiger partial charge is 0.489 e. The Hall–Kier alpha value is -2.24. The molecule has 1 amide bonds. The van der Waals surface area contributed by atoms with Crippen molar-refractivity contribution in [3.63, 3.8) is 0 Å². The maximum Gasteiger partial charge on any atom is 0.217 e. The van der Waals surface area contributed by atoms with E-state index in [1.54, 1.807) is 7.05 Å². The minimum Gasteiger partial charge on any atom is -0.489 e. The van der Waals surface area contributed by atoms with E-state index in [1.807, 2.05) is 38.1 Å². The zero-order chi connectivity index (χ0) is 18.2. The molecule has 1 aromatic rings. The van der Waals surface area contributed by atoms with E-state index >= 15 is 0 Å². The smallest absolute Gasteiger partial charge is 0.217 e. The van der Waals surface area contributed by atoms with Crippen molar-refractivity contribution in [2.24, 2.45) is 16.6 Å². The second kappa shape index (κ2) is 9.30. The van der Waals surface area contributed by atoms with Crippen LogP contribution in [-0.2, 0) is 4.79 Å². The van der Waals surface area contributed by atoms with Gasteiger partial charge in [0.2, 0.25) is 5.91 Å². The molecule has 25 heavy (non-hydrogen) atoms. The first-order valence-electron chi connectivity index (χ1n) is 8.95. The average Bonchev–Trinajstić information content (AvgIpc) is 2.57. The van der Waals surface area contributed by atoms with Gasteiger partial charge in [0.1, 0.15) is 11.9 Å². The number of carbonyl (C=O) groups is 1. The summed E-state index contributed by atoms with van der Waals surface area (Å²) in [5, 5.41) is 3.39. The highest BCUT2D eigenvalue weighted by Crippen LogP contribution is 2.20. The Labute approximate surface area is 150 Å². The molecule has 1 aromatic carbocycles. The van der Waals surface area contributed by atoms with Crippen molar-refractivity contribution in [3.8, 4) is 5.75 Å². The number of nitrogens with two attached hydrogens (primary N) is 1. The minimum atomic E-state index is -0.227. The Kier molecular flexibility index (Phi) is 7.10. The van der Waals surface area contributed by atoms with Crippen LogP contribution in [0.25, 0.3) is 0 Å². The molecule has 1 heterocycles. The van der Waals surface area contributed by atoms with Crippen LogP contribution in [0.4, 0.5) is 0 Å². The van der Waals surface area contributed by atoms with Gasteiger partial charge < -0.3 is 20.7 Å². The minimum absolute atomic E-state index is 0.0176. The highest BCUT2D eigenvalue weighted by Gasteiger charge is 2.23. The van der Waals surface area contributed by atoms with Crippen LogP contribution in [0.1, 0.15) is 31.7 Å². The molecule has 2 unspecified atom stereocenters. The third-order valence-corrected chi connectivity index (χ3v) is 4.49. The molecule has 1 aliphatic rings. The van der Waals surface area contributed by atoms with E-state index in [4.69, 9.17) is 10.5 Å². The molecule has 138 valence electrons. The Bertz CT molecular complexity index is 603. The van der Waals surface area contributed by atoms with Crippen LogP contribution in [0.3, 0.4) is 0 Å². The molecule has 0 radical (unpaired) electrons. The van der Waals surface area contributed by atoms with Gasteiger partial charge in [-0.3, -0.25) is 9.79 Å². The van der Waals surface area contributed by atoms with Crippen molar-refractivity contribution in [2.75, 3.05) is 26.7 Å². The molecule has 2 rings (SSSR count). The zero-order valence-electron chi connectivity index (χ0n) is 15.5. The first-order valence-corrected chi connectivity index (χ1v) is 8.95. The lowest BCUT2D eigenvalue weighted by Gasteiger charge is -2.35. The van der Waals surface area contributed by atoms with Gasteiger partial charge in [0.05, 0.1) is 6.54 Å². The van der Waals surface area contributed by atoms with E-state index in [2.05, 4.69) is 15.2 Å². The van der Waals surface area contributed by atoms with Gasteiger partial charge in [-0.05, 0) is 44.2 Å². The molecule has 3 N–H and O–H groups in total. The molecule has 0 spiro atoms. The number of hydrogen-bond acceptors (Lipinski definition) is 3. The van der Waals surface area contributed by atoms with Crippen LogP contribution >= 0.6 is 0 Å². The maximum absolute atomic E-state index is 11.2. The fourth-order valence-corrected chi connectivity index (χ4v) is 3.22. The number of nitrogens with one attached hydrogen (secondary N) is 1. The van der Waals surface area contributed by atoms with Crippen LogP contribution in [0.5, 0.6) is 5.75 Å². The lowest BCUT2D eigenvalue weighted by molar-refractivity contribution is -0.119. The highest BCUT2D eigenvalue weighted by atomic mass is 16.5. The third kappa shape index (κ3) is 5.96. The number of likely N-dealkylation sites (tertiary alicyclic amines) is 1. The normalized spacial score (nSPS) is 19.4. The van der Waals surface area contributed by atoms with Crippen LogP contribution in [0, 0.1) is 12.8 Å². The van der Waals surface area contributed by atoms with Gasteiger partial charge in [0, 0.05) is 26.6 Å². The number of ether oxygens (including phenoxy) is 1. The topological polar surface area (TPSA) is 80.0 Å². The van der Waals surface area contributed by atoms with E-state index < -0.39 is 0 Å². The standard InChI is InChI=1S/C19H30N4O2/c1-14-7-4-5-9-17(14)25-15(2)12-22-19(21-3)23-10-6-8-16(13-23)11-18(20)24/h4-5,7,9,15-16H,6,8,10-13H2,1-3H3,(H2,20,24)(H,21,22). The van der Waals surface area contributed by atoms with Crippen molar-refractivity contribution in [1.29, 1.82) is 0 Å². The molecule has 2 atom stereocenters. The van der Waals surface area contributed by atoms with Gasteiger partial charge in [0.25, 0.3) is 0 Å². The number of benzene rings is 1. The molecule has 1 aliphatic heterocycles. The number of hydrogen-bond donors (Lipinski definition) is 2. The molecular weight excluding hydrogens is 316 g/mol. The van der Waals surface area contributed by atoms with Gasteiger partial charge >= 0.3 is 0 Å². The summed E-state index contributed by atoms with van der Waals surface area (Å²) in [5.74, 6) is 1.85. The number of para-hydroxylation sites is 1. The number of nitrogens with zero attached hydrogens (tertiary/aromatic N) is 2. The van der Waals surface area contributed by atoms with Gasteiger partial charge in [-0.2, -0.15) is 0 Å². The first kappa shape index (κ1) is 19.1. The number of aliphatic imine (C=N–C) groups is 1. The summed E-state index contributed by atoms with van der Waals surface area (Å²) in [7, 11) is 1.78. The van der Waals surface area contributed by atoms with Crippen molar-refractivity contribution in [3.05, 3.63) is 29.8 Å². The summed E-state index contributed by atoms with van der Waals surface area (Å²) in [5.41, 5.74) is 6.47. The van der Waals surface area contributed by atoms with Gasteiger partial charge in [-0.1, -0.05) is 18.2 Å². The number of rotatable bonds is 6. The monoisotopic (exact) mass is 346 g/mol. The van der Waals surface area contributed by atoms with Crippen LogP contribution in [0.2, 0.25) is 0 Å². The second-order valence-corrected chi connectivity index (χ2v) is 6.75. The Balaban J connectivity index is 1.85. The van der Waals surface area contributed by atoms with Crippen molar-refractivity contribution in [2.45, 2.75) is 39.2 Å². The fourth-order valence-electron chi connectivity index (χ4n) is 3.22. The first-order chi connectivity index (χ1) is 12.0. The van der Waals surface area contributed by atoms with E-state index in [0.29, 0.717) is 18.9 Å². The van der Waals surface area contributed by atoms with Gasteiger partial charge in [-0.15, -0.1) is 0 Å². The number of amides is 1. The van der Waals surface area contributed by atoms with Crippen molar-refractivity contribution >= 4 is 11.9 Å². The van der Waals surface area contributed by atoms with E-state index in [0.717, 1.165) is 43.2 Å². The molecule has 6 heteroatoms. The SMILES string of the molecule is CN=C(NCC(C)Oc1ccccc1C)N1CCCC(CC(N)=O)C1. The summed E-state index contributed by atoms with van der Waals surface area (Å²) in [4.78, 5) is 17.8. The van der Waals surface area contributed by atoms with Crippen LogP contribution in [0.15, 0.2) is 29.3 Å². The number of piperidine rings is 1. The Morgan fingerprint density at radius 3 is 2.92 bits per heavy atom. The molecule has 0 bridgehead atoms. The lowest BCUT2D eigenvalue weighted by Crippen LogP contribution is -2.49. The molecule has 1 fully saturated rings. The molecule has 1 saturated heterocycles. The van der Waals surface area contributed by atoms with Crippen LogP contribution < -0.4 is 15.8 Å². The fraction of sp³-hybridized carbons (Fsp3) is 0.579.